The van der Waals surface area contributed by atoms with Crippen LogP contribution >= 0.6 is 78.1 Å². The van der Waals surface area contributed by atoms with Gasteiger partial charge >= 0.3 is 86.9 Å². The molecule has 12 aromatic rings. The van der Waals surface area contributed by atoms with E-state index in [0.717, 1.165) is 56.2 Å². The zero-order chi connectivity index (χ0) is 67.1. The third kappa shape index (κ3) is 27.3. The second-order valence-electron chi connectivity index (χ2n) is 21.1. The molecular formula is C80H68Ag2Cl6N4P4Pt2S4. The average molecular weight is 2160 g/mol. The number of hydrogen-bond donors (Lipinski definition) is 0. The fourth-order valence-corrected chi connectivity index (χ4v) is 22.0. The summed E-state index contributed by atoms with van der Waals surface area (Å²) in [5.41, 5.74) is 9.31. The number of rotatable bonds is 16. The van der Waals surface area contributed by atoms with Crippen molar-refractivity contribution in [1.29, 1.82) is 0 Å². The zero-order valence-corrected chi connectivity index (χ0v) is 73.3. The first-order valence-electron chi connectivity index (χ1n) is 31.0. The van der Waals surface area contributed by atoms with Gasteiger partial charge in [-0.1, -0.05) is 278 Å². The Labute approximate surface area is 722 Å². The number of benzene rings is 8. The van der Waals surface area contributed by atoms with E-state index in [1.54, 1.807) is 24.8 Å². The molecule has 0 aliphatic heterocycles. The predicted molar refractivity (Wildman–Crippen MR) is 435 cm³/mol. The van der Waals surface area contributed by atoms with Crippen LogP contribution < -0.4 is 67.3 Å². The average Bonchev–Trinajstić information content (AvgIpc) is 1.62. The van der Waals surface area contributed by atoms with Crippen LogP contribution in [0.15, 0.2) is 324 Å². The minimum atomic E-state index is -0.309. The van der Waals surface area contributed by atoms with Crippen LogP contribution in [-0.2, 0) is 137 Å². The molecule has 22 heteroatoms. The molecular weight excluding hydrogens is 2090 g/mol. The summed E-state index contributed by atoms with van der Waals surface area (Å²) in [6, 6.07) is 104. The molecule has 536 valence electrons. The SMILES string of the molecule is ClCCl.ClCCl.[Ag+].[Ag+].[Cl-].[Cl-].[Pt+2].[Pt+2].[S-]C([S-])=C1c2cccnc2-c2ncccc21.[S-]C([S-])=C1c2cccnc2-c2ncccc21.c1ccc(P(CCCP(c2ccccc2)c2ccccc2)c2ccccc2)cc1.c1ccc(P(CCCP(c2ccccc2)c2ccccc2)c2ccccc2)cc1. The van der Waals surface area contributed by atoms with Crippen molar-refractivity contribution in [3.8, 4) is 22.8 Å². The summed E-state index contributed by atoms with van der Waals surface area (Å²) < 4.78 is 0.946. The van der Waals surface area contributed by atoms with E-state index in [-0.39, 0.29) is 154 Å². The predicted octanol–water partition coefficient (Wildman–Crippen LogP) is 12.7. The van der Waals surface area contributed by atoms with Crippen LogP contribution in [0.25, 0.3) is 33.9 Å². The van der Waals surface area contributed by atoms with E-state index < -0.39 is 0 Å². The van der Waals surface area contributed by atoms with Crippen LogP contribution in [0.5, 0.6) is 0 Å². The molecule has 4 nitrogen and oxygen atoms in total. The second kappa shape index (κ2) is 52.2. The summed E-state index contributed by atoms with van der Waals surface area (Å²) in [6.45, 7) is 0. The molecule has 8 aromatic carbocycles. The molecule has 0 radical (unpaired) electrons. The maximum atomic E-state index is 5.13. The summed E-state index contributed by atoms with van der Waals surface area (Å²) in [4.78, 5) is 17.4. The largest absolute Gasteiger partial charge is 2.00 e. The summed E-state index contributed by atoms with van der Waals surface area (Å²) in [6.07, 6.45) is 14.5. The third-order valence-corrected chi connectivity index (χ3v) is 26.5. The second-order valence-corrected chi connectivity index (χ2v) is 34.2. The molecule has 0 bridgehead atoms. The Morgan fingerprint density at radius 1 is 0.255 bits per heavy atom. The molecule has 0 fully saturated rings. The van der Waals surface area contributed by atoms with Gasteiger partial charge in [0.2, 0.25) is 0 Å². The molecule has 14 rings (SSSR count). The quantitative estimate of drug-likeness (QED) is 0.0411. The van der Waals surface area contributed by atoms with Crippen molar-refractivity contribution in [1.82, 2.24) is 19.9 Å². The van der Waals surface area contributed by atoms with E-state index in [1.807, 2.05) is 48.5 Å². The Bertz CT molecular complexity index is 3650. The number of nitrogens with zero attached hydrogens (tertiary/aromatic N) is 4. The Hall–Kier alpha value is -2.96. The van der Waals surface area contributed by atoms with Crippen LogP contribution in [0.2, 0.25) is 0 Å². The third-order valence-electron chi connectivity index (χ3n) is 15.2. The van der Waals surface area contributed by atoms with Crippen molar-refractivity contribution in [3.05, 3.63) is 347 Å². The Kier molecular flexibility index (Phi) is 47.7. The molecule has 4 aromatic heterocycles. The molecule has 0 saturated carbocycles. The van der Waals surface area contributed by atoms with Gasteiger partial charge in [-0.25, -0.2) is 0 Å². The van der Waals surface area contributed by atoms with Gasteiger partial charge in [-0.15, -0.1) is 46.4 Å². The van der Waals surface area contributed by atoms with Gasteiger partial charge in [0.1, 0.15) is 0 Å². The van der Waals surface area contributed by atoms with Gasteiger partial charge in [0.15, 0.2) is 0 Å². The fraction of sp³-hybridized carbons (Fsp3) is 0.100. The monoisotopic (exact) mass is 2150 g/mol. The smallest absolute Gasteiger partial charge is 1.00 e. The maximum Gasteiger partial charge on any atom is 2.00 e. The molecule has 4 heterocycles. The van der Waals surface area contributed by atoms with E-state index >= 15 is 0 Å². The number of aromatic nitrogens is 4. The molecule has 2 aliphatic carbocycles. The molecule has 2 aliphatic rings. The van der Waals surface area contributed by atoms with Crippen LogP contribution in [0.4, 0.5) is 0 Å². The van der Waals surface area contributed by atoms with Crippen LogP contribution in [0.3, 0.4) is 0 Å². The summed E-state index contributed by atoms with van der Waals surface area (Å²) in [5, 5.41) is 12.3. The number of alkyl halides is 4. The molecule has 0 N–H and O–H groups in total. The summed E-state index contributed by atoms with van der Waals surface area (Å²) >= 11 is 39.6. The zero-order valence-electron chi connectivity index (χ0n) is 54.4. The van der Waals surface area contributed by atoms with Crippen molar-refractivity contribution < 1.29 is 112 Å². The Balaban J connectivity index is 0.000000347. The minimum Gasteiger partial charge on any atom is -1.00 e. The number of pyridine rings is 4. The molecule has 0 saturated heterocycles. The van der Waals surface area contributed by atoms with Gasteiger partial charge in [0.25, 0.3) is 0 Å². The van der Waals surface area contributed by atoms with E-state index in [2.05, 4.69) is 263 Å². The number of halogens is 6. The van der Waals surface area contributed by atoms with E-state index in [1.165, 1.54) is 79.9 Å². The first kappa shape index (κ1) is 93.2. The van der Waals surface area contributed by atoms with Crippen molar-refractivity contribution in [2.45, 2.75) is 12.8 Å². The first-order valence-corrected chi connectivity index (χ1v) is 40.9. The van der Waals surface area contributed by atoms with Crippen LogP contribution in [-0.4, -0.2) is 55.3 Å². The fourth-order valence-electron chi connectivity index (χ4n) is 11.2. The molecule has 0 unspecified atom stereocenters. The van der Waals surface area contributed by atoms with Gasteiger partial charge in [0.05, 0.1) is 33.5 Å². The normalized spacial score (nSPS) is 10.5. The van der Waals surface area contributed by atoms with Crippen molar-refractivity contribution in [2.24, 2.45) is 0 Å². The molecule has 102 heavy (non-hydrogen) atoms. The number of fused-ring (bicyclic) bond motifs is 6. The minimum absolute atomic E-state index is 0. The first-order chi connectivity index (χ1) is 47.2. The van der Waals surface area contributed by atoms with E-state index in [9.17, 15) is 0 Å². The van der Waals surface area contributed by atoms with Gasteiger partial charge < -0.3 is 83.8 Å². The van der Waals surface area contributed by atoms with Crippen LogP contribution in [0.1, 0.15) is 35.1 Å². The van der Waals surface area contributed by atoms with Crippen molar-refractivity contribution in [2.75, 3.05) is 35.3 Å². The standard InChI is InChI=1S/2C27H26P2.2C12H8N2S2.2CH2Cl2.2Ag.2ClH.2Pt/c2*1-5-14-24(15-6-1)28(25-16-7-2-8-17-25)22-13-23-29(26-18-9-3-10-19-26)27-20-11-4-12-21-27;2*15-12(16)9-7-3-1-5-13-10(7)11-8(9)4-2-6-14-11;2*2-1-3;;;;;;/h2*1-12,14-21H,13,22-23H2;2*1-6,15-16H;2*1H2;;;2*1H;;/q;;;;;;2*+1;;;2*+2/p-6. The number of hydrogen-bond acceptors (Lipinski definition) is 8. The van der Waals surface area contributed by atoms with Gasteiger partial charge in [-0.2, -0.15) is 0 Å². The molecule has 0 spiro atoms. The summed E-state index contributed by atoms with van der Waals surface area (Å²) in [7, 11) is -1.24. The Morgan fingerprint density at radius 2 is 0.402 bits per heavy atom. The maximum absolute atomic E-state index is 5.13. The molecule has 0 amide bonds. The van der Waals surface area contributed by atoms with Crippen LogP contribution in [0, 0.1) is 0 Å². The summed E-state index contributed by atoms with van der Waals surface area (Å²) in [5.74, 6) is 0. The Morgan fingerprint density at radius 3 is 0.539 bits per heavy atom. The van der Waals surface area contributed by atoms with Gasteiger partial charge in [0, 0.05) is 47.0 Å². The van der Waals surface area contributed by atoms with E-state index in [0.29, 0.717) is 8.47 Å². The van der Waals surface area contributed by atoms with Gasteiger partial charge in [-0.3, -0.25) is 19.9 Å². The van der Waals surface area contributed by atoms with Crippen molar-refractivity contribution in [3.63, 3.8) is 0 Å². The van der Waals surface area contributed by atoms with Crippen molar-refractivity contribution >= 4 is 182 Å². The topological polar surface area (TPSA) is 51.6 Å². The van der Waals surface area contributed by atoms with E-state index in [4.69, 9.17) is 96.9 Å². The van der Waals surface area contributed by atoms with Gasteiger partial charge in [-0.05, 0) is 136 Å². The molecule has 0 atom stereocenters.